The third-order valence-corrected chi connectivity index (χ3v) is 2.98. The molecule has 1 aromatic heterocycles. The monoisotopic (exact) mass is 260 g/mol. The molecule has 2 aromatic rings. The fourth-order valence-electron chi connectivity index (χ4n) is 1.75. The van der Waals surface area contributed by atoms with Gasteiger partial charge < -0.3 is 10.1 Å². The Bertz CT molecular complexity index is 531. The van der Waals surface area contributed by atoms with Crippen molar-refractivity contribution in [2.75, 3.05) is 7.05 Å². The van der Waals surface area contributed by atoms with Crippen molar-refractivity contribution in [2.24, 2.45) is 0 Å². The second kappa shape index (κ2) is 6.29. The minimum Gasteiger partial charge on any atom is -0.487 e. The van der Waals surface area contributed by atoms with Crippen LogP contribution in [0.15, 0.2) is 42.6 Å². The standard InChI is InChI=1S/C15H17FN2O/c1-11(17-2)14-7-6-13(9-15(14)16)19-10-12-5-3-4-8-18-12/h3-9,11,17H,10H2,1-2H3. The van der Waals surface area contributed by atoms with E-state index in [2.05, 4.69) is 10.3 Å². The van der Waals surface area contributed by atoms with Crippen molar-refractivity contribution < 1.29 is 9.13 Å². The topological polar surface area (TPSA) is 34.1 Å². The summed E-state index contributed by atoms with van der Waals surface area (Å²) in [5.41, 5.74) is 1.45. The largest absolute Gasteiger partial charge is 0.487 e. The Morgan fingerprint density at radius 3 is 2.79 bits per heavy atom. The molecule has 1 N–H and O–H groups in total. The first-order valence-corrected chi connectivity index (χ1v) is 6.20. The lowest BCUT2D eigenvalue weighted by Crippen LogP contribution is -2.13. The van der Waals surface area contributed by atoms with Gasteiger partial charge in [0, 0.05) is 23.9 Å². The zero-order valence-corrected chi connectivity index (χ0v) is 11.1. The predicted octanol–water partition coefficient (Wildman–Crippen LogP) is 3.08. The van der Waals surface area contributed by atoms with E-state index in [0.29, 0.717) is 17.9 Å². The minimum atomic E-state index is -0.264. The highest BCUT2D eigenvalue weighted by molar-refractivity contribution is 5.30. The molecule has 1 aromatic carbocycles. The predicted molar refractivity (Wildman–Crippen MR) is 72.4 cm³/mol. The summed E-state index contributed by atoms with van der Waals surface area (Å²) < 4.78 is 19.4. The van der Waals surface area contributed by atoms with Gasteiger partial charge in [-0.25, -0.2) is 4.39 Å². The first-order valence-electron chi connectivity index (χ1n) is 6.20. The second-order valence-electron chi connectivity index (χ2n) is 4.30. The highest BCUT2D eigenvalue weighted by Gasteiger charge is 2.10. The molecule has 0 fully saturated rings. The van der Waals surface area contributed by atoms with E-state index in [9.17, 15) is 4.39 Å². The molecule has 0 bridgehead atoms. The van der Waals surface area contributed by atoms with Gasteiger partial charge in [0.25, 0.3) is 0 Å². The molecule has 1 heterocycles. The summed E-state index contributed by atoms with van der Waals surface area (Å²) in [6.07, 6.45) is 1.71. The molecule has 3 nitrogen and oxygen atoms in total. The molecular formula is C15H17FN2O. The van der Waals surface area contributed by atoms with Crippen molar-refractivity contribution in [3.63, 3.8) is 0 Å². The molecule has 19 heavy (non-hydrogen) atoms. The van der Waals surface area contributed by atoms with Crippen LogP contribution < -0.4 is 10.1 Å². The van der Waals surface area contributed by atoms with Crippen molar-refractivity contribution in [1.29, 1.82) is 0 Å². The van der Waals surface area contributed by atoms with Crippen LogP contribution in [-0.2, 0) is 6.61 Å². The average molecular weight is 260 g/mol. The molecule has 0 amide bonds. The lowest BCUT2D eigenvalue weighted by molar-refractivity contribution is 0.299. The Kier molecular flexibility index (Phi) is 4.47. The van der Waals surface area contributed by atoms with Crippen LogP contribution in [0.1, 0.15) is 24.2 Å². The Labute approximate surface area is 112 Å². The molecule has 0 aliphatic heterocycles. The van der Waals surface area contributed by atoms with Gasteiger partial charge in [-0.05, 0) is 32.2 Å². The maximum atomic E-state index is 13.9. The molecule has 2 rings (SSSR count). The lowest BCUT2D eigenvalue weighted by Gasteiger charge is -2.13. The molecule has 0 saturated heterocycles. The number of aromatic nitrogens is 1. The third-order valence-electron chi connectivity index (χ3n) is 2.98. The summed E-state index contributed by atoms with van der Waals surface area (Å²) in [6, 6.07) is 10.5. The van der Waals surface area contributed by atoms with Crippen LogP contribution >= 0.6 is 0 Å². The number of hydrogen-bond donors (Lipinski definition) is 1. The summed E-state index contributed by atoms with van der Waals surface area (Å²) in [7, 11) is 1.80. The Hall–Kier alpha value is -1.94. The average Bonchev–Trinajstić information content (AvgIpc) is 2.45. The lowest BCUT2D eigenvalue weighted by atomic mass is 10.1. The quantitative estimate of drug-likeness (QED) is 0.897. The second-order valence-corrected chi connectivity index (χ2v) is 4.30. The zero-order valence-electron chi connectivity index (χ0n) is 11.1. The summed E-state index contributed by atoms with van der Waals surface area (Å²) in [4.78, 5) is 4.15. The van der Waals surface area contributed by atoms with Crippen molar-refractivity contribution in [2.45, 2.75) is 19.6 Å². The Balaban J connectivity index is 2.04. The first-order chi connectivity index (χ1) is 9.20. The van der Waals surface area contributed by atoms with Crippen LogP contribution in [0.3, 0.4) is 0 Å². The summed E-state index contributed by atoms with van der Waals surface area (Å²) >= 11 is 0. The van der Waals surface area contributed by atoms with Gasteiger partial charge in [0.15, 0.2) is 0 Å². The zero-order chi connectivity index (χ0) is 13.7. The summed E-state index contributed by atoms with van der Waals surface area (Å²) in [5.74, 6) is 0.246. The van der Waals surface area contributed by atoms with E-state index in [1.165, 1.54) is 6.07 Å². The van der Waals surface area contributed by atoms with E-state index in [-0.39, 0.29) is 11.9 Å². The number of rotatable bonds is 5. The number of ether oxygens (including phenoxy) is 1. The fraction of sp³-hybridized carbons (Fsp3) is 0.267. The van der Waals surface area contributed by atoms with Crippen LogP contribution in [0.2, 0.25) is 0 Å². The van der Waals surface area contributed by atoms with Gasteiger partial charge >= 0.3 is 0 Å². The van der Waals surface area contributed by atoms with E-state index in [0.717, 1.165) is 5.69 Å². The highest BCUT2D eigenvalue weighted by Crippen LogP contribution is 2.22. The minimum absolute atomic E-state index is 0.0233. The smallest absolute Gasteiger partial charge is 0.131 e. The van der Waals surface area contributed by atoms with E-state index in [4.69, 9.17) is 4.74 Å². The number of nitrogens with zero attached hydrogens (tertiary/aromatic N) is 1. The number of benzene rings is 1. The van der Waals surface area contributed by atoms with Crippen molar-refractivity contribution in [1.82, 2.24) is 10.3 Å². The molecule has 4 heteroatoms. The van der Waals surface area contributed by atoms with Gasteiger partial charge in [0.1, 0.15) is 18.2 Å². The number of nitrogens with one attached hydrogen (secondary N) is 1. The van der Waals surface area contributed by atoms with Crippen LogP contribution in [0.5, 0.6) is 5.75 Å². The maximum absolute atomic E-state index is 13.9. The number of pyridine rings is 1. The third kappa shape index (κ3) is 3.51. The number of halogens is 1. The van der Waals surface area contributed by atoms with Crippen LogP contribution in [0, 0.1) is 5.82 Å². The Morgan fingerprint density at radius 2 is 2.16 bits per heavy atom. The molecular weight excluding hydrogens is 243 g/mol. The normalized spacial score (nSPS) is 12.2. The first kappa shape index (κ1) is 13.5. The van der Waals surface area contributed by atoms with Gasteiger partial charge in [0.2, 0.25) is 0 Å². The molecule has 0 saturated carbocycles. The molecule has 0 radical (unpaired) electrons. The maximum Gasteiger partial charge on any atom is 0.131 e. The van der Waals surface area contributed by atoms with Gasteiger partial charge in [-0.3, -0.25) is 4.98 Å². The van der Waals surface area contributed by atoms with Crippen molar-refractivity contribution in [3.8, 4) is 5.75 Å². The molecule has 100 valence electrons. The molecule has 0 spiro atoms. The fourth-order valence-corrected chi connectivity index (χ4v) is 1.75. The molecule has 0 aliphatic carbocycles. The van der Waals surface area contributed by atoms with Crippen LogP contribution in [0.4, 0.5) is 4.39 Å². The van der Waals surface area contributed by atoms with E-state index < -0.39 is 0 Å². The van der Waals surface area contributed by atoms with Gasteiger partial charge in [-0.15, -0.1) is 0 Å². The molecule has 0 aliphatic rings. The number of hydrogen-bond acceptors (Lipinski definition) is 3. The summed E-state index contributed by atoms with van der Waals surface area (Å²) in [6.45, 7) is 2.24. The van der Waals surface area contributed by atoms with Crippen molar-refractivity contribution >= 4 is 0 Å². The van der Waals surface area contributed by atoms with E-state index in [1.54, 1.807) is 25.4 Å². The van der Waals surface area contributed by atoms with Crippen LogP contribution in [0.25, 0.3) is 0 Å². The Morgan fingerprint density at radius 1 is 1.32 bits per heavy atom. The summed E-state index contributed by atoms with van der Waals surface area (Å²) in [5, 5.41) is 3.01. The molecule has 1 atom stereocenters. The van der Waals surface area contributed by atoms with E-state index >= 15 is 0 Å². The van der Waals surface area contributed by atoms with Gasteiger partial charge in [-0.1, -0.05) is 12.1 Å². The van der Waals surface area contributed by atoms with Crippen LogP contribution in [-0.4, -0.2) is 12.0 Å². The van der Waals surface area contributed by atoms with Gasteiger partial charge in [-0.2, -0.15) is 0 Å². The molecule has 1 unspecified atom stereocenters. The van der Waals surface area contributed by atoms with Gasteiger partial charge in [0.05, 0.1) is 5.69 Å². The SMILES string of the molecule is CNC(C)c1ccc(OCc2ccccn2)cc1F. The van der Waals surface area contributed by atoms with E-state index in [1.807, 2.05) is 25.1 Å². The highest BCUT2D eigenvalue weighted by atomic mass is 19.1. The van der Waals surface area contributed by atoms with Crippen molar-refractivity contribution in [3.05, 3.63) is 59.7 Å².